The van der Waals surface area contributed by atoms with Gasteiger partial charge in [-0.1, -0.05) is 0 Å². The number of imidazole rings is 1. The molecule has 4 bridgehead atoms. The van der Waals surface area contributed by atoms with Crippen molar-refractivity contribution in [2.45, 2.75) is 44.1 Å². The molecule has 0 aliphatic heterocycles. The standard InChI is InChI=1S/C21H25N3O2/c25-20(23-21-10-15-7-16(11-21)9-17(8-15)12-21)13-26-19-3-1-18(2-4-19)24-6-5-22-14-24/h1-6,14-17H,7-13H2,(H,23,25). The van der Waals surface area contributed by atoms with Crippen molar-refractivity contribution in [3.8, 4) is 11.4 Å². The first-order valence-electron chi connectivity index (χ1n) is 9.70. The summed E-state index contributed by atoms with van der Waals surface area (Å²) in [5.74, 6) is 3.23. The maximum Gasteiger partial charge on any atom is 0.258 e. The van der Waals surface area contributed by atoms with Crippen molar-refractivity contribution in [1.82, 2.24) is 14.9 Å². The summed E-state index contributed by atoms with van der Waals surface area (Å²) in [4.78, 5) is 16.6. The first kappa shape index (κ1) is 15.9. The van der Waals surface area contributed by atoms with Crippen molar-refractivity contribution in [1.29, 1.82) is 0 Å². The summed E-state index contributed by atoms with van der Waals surface area (Å²) < 4.78 is 7.65. The van der Waals surface area contributed by atoms with E-state index in [0.717, 1.165) is 29.2 Å². The second kappa shape index (κ2) is 6.15. The molecule has 1 aromatic carbocycles. The third-order valence-corrected chi connectivity index (χ3v) is 6.45. The number of aromatic nitrogens is 2. The zero-order chi connectivity index (χ0) is 17.6. The number of carbonyl (C=O) groups excluding carboxylic acids is 1. The number of nitrogens with zero attached hydrogens (tertiary/aromatic N) is 2. The predicted molar refractivity (Wildman–Crippen MR) is 98.1 cm³/mol. The van der Waals surface area contributed by atoms with Crippen molar-refractivity contribution < 1.29 is 9.53 Å². The minimum Gasteiger partial charge on any atom is -0.484 e. The highest BCUT2D eigenvalue weighted by Gasteiger charge is 2.51. The molecule has 4 fully saturated rings. The fourth-order valence-electron chi connectivity index (χ4n) is 5.87. The maximum atomic E-state index is 12.5. The smallest absolute Gasteiger partial charge is 0.258 e. The van der Waals surface area contributed by atoms with E-state index in [1.165, 1.54) is 38.5 Å². The van der Waals surface area contributed by atoms with E-state index in [1.54, 1.807) is 12.5 Å². The van der Waals surface area contributed by atoms with Crippen molar-refractivity contribution in [3.63, 3.8) is 0 Å². The number of benzene rings is 1. The molecule has 4 aliphatic carbocycles. The van der Waals surface area contributed by atoms with E-state index in [0.29, 0.717) is 0 Å². The van der Waals surface area contributed by atoms with Gasteiger partial charge in [-0.2, -0.15) is 0 Å². The molecule has 0 spiro atoms. The number of hydrogen-bond acceptors (Lipinski definition) is 3. The summed E-state index contributed by atoms with van der Waals surface area (Å²) >= 11 is 0. The van der Waals surface area contributed by atoms with Gasteiger partial charge < -0.3 is 14.6 Å². The van der Waals surface area contributed by atoms with Gasteiger partial charge in [0.15, 0.2) is 6.61 Å². The molecule has 5 heteroatoms. The molecule has 1 aromatic heterocycles. The summed E-state index contributed by atoms with van der Waals surface area (Å²) in [6, 6.07) is 7.72. The van der Waals surface area contributed by atoms with E-state index in [-0.39, 0.29) is 18.1 Å². The van der Waals surface area contributed by atoms with Crippen LogP contribution in [0.15, 0.2) is 43.0 Å². The second-order valence-electron chi connectivity index (χ2n) is 8.50. The summed E-state index contributed by atoms with van der Waals surface area (Å²) in [7, 11) is 0. The van der Waals surface area contributed by atoms with Crippen LogP contribution >= 0.6 is 0 Å². The Morgan fingerprint density at radius 2 is 1.77 bits per heavy atom. The summed E-state index contributed by atoms with van der Waals surface area (Å²) in [6.07, 6.45) is 13.1. The molecule has 136 valence electrons. The zero-order valence-electron chi connectivity index (χ0n) is 14.9. The van der Waals surface area contributed by atoms with Crippen molar-refractivity contribution in [2.75, 3.05) is 6.61 Å². The van der Waals surface area contributed by atoms with Crippen LogP contribution in [0.1, 0.15) is 38.5 Å². The highest BCUT2D eigenvalue weighted by Crippen LogP contribution is 2.55. The molecule has 0 saturated heterocycles. The lowest BCUT2D eigenvalue weighted by Crippen LogP contribution is -2.60. The van der Waals surface area contributed by atoms with Gasteiger partial charge >= 0.3 is 0 Å². The Hall–Kier alpha value is -2.30. The monoisotopic (exact) mass is 351 g/mol. The topological polar surface area (TPSA) is 56.2 Å². The number of rotatable bonds is 5. The molecule has 1 heterocycles. The predicted octanol–water partition coefficient (Wildman–Crippen LogP) is 3.34. The second-order valence-corrected chi connectivity index (χ2v) is 8.50. The van der Waals surface area contributed by atoms with Crippen LogP contribution in [0, 0.1) is 17.8 Å². The fraction of sp³-hybridized carbons (Fsp3) is 0.524. The van der Waals surface area contributed by atoms with Crippen LogP contribution in [-0.4, -0.2) is 27.6 Å². The molecule has 5 nitrogen and oxygen atoms in total. The lowest BCUT2D eigenvalue weighted by atomic mass is 9.53. The van der Waals surface area contributed by atoms with Crippen LogP contribution in [0.5, 0.6) is 5.75 Å². The van der Waals surface area contributed by atoms with Crippen LogP contribution < -0.4 is 10.1 Å². The average Bonchev–Trinajstić information content (AvgIpc) is 3.13. The summed E-state index contributed by atoms with van der Waals surface area (Å²) in [5, 5.41) is 3.35. The minimum absolute atomic E-state index is 0.0191. The molecule has 26 heavy (non-hydrogen) atoms. The highest BCUT2D eigenvalue weighted by atomic mass is 16.5. The Morgan fingerprint density at radius 3 is 2.35 bits per heavy atom. The average molecular weight is 351 g/mol. The van der Waals surface area contributed by atoms with Gasteiger partial charge in [0.2, 0.25) is 0 Å². The Morgan fingerprint density at radius 1 is 1.12 bits per heavy atom. The number of carbonyl (C=O) groups is 1. The molecule has 2 aromatic rings. The largest absolute Gasteiger partial charge is 0.484 e. The number of amides is 1. The van der Waals surface area contributed by atoms with Gasteiger partial charge in [-0.25, -0.2) is 4.98 Å². The first-order valence-corrected chi connectivity index (χ1v) is 9.70. The van der Waals surface area contributed by atoms with Crippen LogP contribution in [0.2, 0.25) is 0 Å². The molecule has 0 radical (unpaired) electrons. The molecule has 4 saturated carbocycles. The lowest BCUT2D eigenvalue weighted by molar-refractivity contribution is -0.128. The van der Waals surface area contributed by atoms with Crippen molar-refractivity contribution in [3.05, 3.63) is 43.0 Å². The summed E-state index contributed by atoms with van der Waals surface area (Å²) in [5.41, 5.74) is 1.08. The fourth-order valence-corrected chi connectivity index (χ4v) is 5.87. The van der Waals surface area contributed by atoms with Crippen LogP contribution in [0.3, 0.4) is 0 Å². The first-order chi connectivity index (χ1) is 12.7. The molecular weight excluding hydrogens is 326 g/mol. The zero-order valence-corrected chi connectivity index (χ0v) is 14.9. The van der Waals surface area contributed by atoms with Gasteiger partial charge in [-0.3, -0.25) is 4.79 Å². The van der Waals surface area contributed by atoms with Crippen LogP contribution in [0.4, 0.5) is 0 Å². The SMILES string of the molecule is O=C(COc1ccc(-n2ccnc2)cc1)NC12CC3CC(CC(C3)C1)C2. The van der Waals surface area contributed by atoms with E-state index >= 15 is 0 Å². The van der Waals surface area contributed by atoms with Crippen molar-refractivity contribution >= 4 is 5.91 Å². The molecular formula is C21H25N3O2. The summed E-state index contributed by atoms with van der Waals surface area (Å²) in [6.45, 7) is 0.0895. The van der Waals surface area contributed by atoms with E-state index in [1.807, 2.05) is 35.0 Å². The third kappa shape index (κ3) is 3.00. The van der Waals surface area contributed by atoms with Crippen molar-refractivity contribution in [2.24, 2.45) is 17.8 Å². The Kier molecular flexibility index (Phi) is 3.76. The Balaban J connectivity index is 1.18. The van der Waals surface area contributed by atoms with Gasteiger partial charge in [-0.05, 0) is 80.5 Å². The Bertz CT molecular complexity index is 747. The van der Waals surface area contributed by atoms with E-state index in [2.05, 4.69) is 10.3 Å². The van der Waals surface area contributed by atoms with Gasteiger partial charge in [0.1, 0.15) is 5.75 Å². The highest BCUT2D eigenvalue weighted by molar-refractivity contribution is 5.78. The number of hydrogen-bond donors (Lipinski definition) is 1. The normalized spacial score (nSPS) is 31.8. The number of ether oxygens (including phenoxy) is 1. The molecule has 1 N–H and O–H groups in total. The van der Waals surface area contributed by atoms with E-state index < -0.39 is 0 Å². The van der Waals surface area contributed by atoms with E-state index in [4.69, 9.17) is 4.74 Å². The van der Waals surface area contributed by atoms with Crippen LogP contribution in [-0.2, 0) is 4.79 Å². The number of nitrogens with one attached hydrogen (secondary N) is 1. The lowest BCUT2D eigenvalue weighted by Gasteiger charge is -2.56. The molecule has 1 amide bonds. The van der Waals surface area contributed by atoms with Gasteiger partial charge in [0.05, 0.1) is 6.33 Å². The Labute approximate surface area is 153 Å². The van der Waals surface area contributed by atoms with Gasteiger partial charge in [0, 0.05) is 23.6 Å². The minimum atomic E-state index is 0.0191. The van der Waals surface area contributed by atoms with Gasteiger partial charge in [0.25, 0.3) is 5.91 Å². The van der Waals surface area contributed by atoms with Crippen LogP contribution in [0.25, 0.3) is 5.69 Å². The molecule has 6 rings (SSSR count). The quantitative estimate of drug-likeness (QED) is 0.899. The maximum absolute atomic E-state index is 12.5. The third-order valence-electron chi connectivity index (χ3n) is 6.45. The molecule has 4 aliphatic rings. The van der Waals surface area contributed by atoms with E-state index in [9.17, 15) is 4.79 Å². The molecule has 0 unspecified atom stereocenters. The van der Waals surface area contributed by atoms with Gasteiger partial charge in [-0.15, -0.1) is 0 Å². The molecule has 0 atom stereocenters.